The van der Waals surface area contributed by atoms with Crippen molar-refractivity contribution >= 4 is 17.6 Å². The average molecular weight is 299 g/mol. The summed E-state index contributed by atoms with van der Waals surface area (Å²) in [7, 11) is 1.48. The number of rotatable bonds is 5. The summed E-state index contributed by atoms with van der Waals surface area (Å²) in [5.41, 5.74) is 0.0943. The highest BCUT2D eigenvalue weighted by Crippen LogP contribution is 2.37. The van der Waals surface area contributed by atoms with E-state index in [9.17, 15) is 4.79 Å². The molecule has 1 saturated carbocycles. The van der Waals surface area contributed by atoms with Crippen LogP contribution < -0.4 is 9.47 Å². The zero-order valence-corrected chi connectivity index (χ0v) is 12.3. The normalized spacial score (nSPS) is 15.9. The van der Waals surface area contributed by atoms with Gasteiger partial charge >= 0.3 is 5.97 Å². The smallest absolute Gasteiger partial charge is 0.335 e. The van der Waals surface area contributed by atoms with E-state index in [1.54, 1.807) is 0 Å². The number of carboxylic acid groups (broad SMARTS) is 1. The van der Waals surface area contributed by atoms with Crippen molar-refractivity contribution in [3.8, 4) is 11.5 Å². The van der Waals surface area contributed by atoms with Gasteiger partial charge in [0.05, 0.1) is 24.3 Å². The summed E-state index contributed by atoms with van der Waals surface area (Å²) >= 11 is 6.11. The summed E-state index contributed by atoms with van der Waals surface area (Å²) in [6.45, 7) is 0.600. The first kappa shape index (κ1) is 15.0. The quantitative estimate of drug-likeness (QED) is 0.892. The van der Waals surface area contributed by atoms with Gasteiger partial charge in [-0.3, -0.25) is 0 Å². The monoisotopic (exact) mass is 298 g/mol. The molecule has 1 aromatic rings. The van der Waals surface area contributed by atoms with E-state index in [1.807, 2.05) is 0 Å². The maximum Gasteiger partial charge on any atom is 0.335 e. The van der Waals surface area contributed by atoms with Gasteiger partial charge in [-0.05, 0) is 30.9 Å². The number of ether oxygens (including phenoxy) is 2. The van der Waals surface area contributed by atoms with Gasteiger partial charge in [-0.15, -0.1) is 0 Å². The Kier molecular flexibility index (Phi) is 5.12. The minimum atomic E-state index is -1.04. The molecule has 0 bridgehead atoms. The van der Waals surface area contributed by atoms with Gasteiger partial charge in [0, 0.05) is 0 Å². The summed E-state index contributed by atoms with van der Waals surface area (Å²) in [6, 6.07) is 2.83. The average Bonchev–Trinajstić information content (AvgIpc) is 2.46. The Morgan fingerprint density at radius 3 is 2.65 bits per heavy atom. The standard InChI is InChI=1S/C15H19ClO4/c1-19-13-8-11(15(17)18)7-12(16)14(13)20-9-10-5-3-2-4-6-10/h7-8,10H,2-6,9H2,1H3,(H,17,18). The van der Waals surface area contributed by atoms with Gasteiger partial charge in [-0.1, -0.05) is 30.9 Å². The third-order valence-corrected chi connectivity index (χ3v) is 3.95. The number of carboxylic acids is 1. The van der Waals surface area contributed by atoms with Crippen LogP contribution in [0.25, 0.3) is 0 Å². The lowest BCUT2D eigenvalue weighted by Gasteiger charge is -2.22. The van der Waals surface area contributed by atoms with Crippen LogP contribution in [0.5, 0.6) is 11.5 Å². The molecule has 0 radical (unpaired) electrons. The summed E-state index contributed by atoms with van der Waals surface area (Å²) in [5.74, 6) is 0.308. The first-order valence-corrected chi connectivity index (χ1v) is 7.23. The number of benzene rings is 1. The van der Waals surface area contributed by atoms with Crippen molar-refractivity contribution in [2.75, 3.05) is 13.7 Å². The van der Waals surface area contributed by atoms with Crippen molar-refractivity contribution in [3.05, 3.63) is 22.7 Å². The number of hydrogen-bond donors (Lipinski definition) is 1. The number of halogens is 1. The van der Waals surface area contributed by atoms with Crippen LogP contribution in [0.4, 0.5) is 0 Å². The third-order valence-electron chi connectivity index (χ3n) is 3.66. The zero-order chi connectivity index (χ0) is 14.5. The Bertz CT molecular complexity index is 481. The van der Waals surface area contributed by atoms with E-state index in [2.05, 4.69) is 0 Å². The van der Waals surface area contributed by atoms with E-state index >= 15 is 0 Å². The lowest BCUT2D eigenvalue weighted by molar-refractivity contribution is 0.0696. The number of hydrogen-bond acceptors (Lipinski definition) is 3. The SMILES string of the molecule is COc1cc(C(=O)O)cc(Cl)c1OCC1CCCCC1. The molecular weight excluding hydrogens is 280 g/mol. The Morgan fingerprint density at radius 1 is 1.35 bits per heavy atom. The fourth-order valence-electron chi connectivity index (χ4n) is 2.54. The molecule has 5 heteroatoms. The fourth-order valence-corrected chi connectivity index (χ4v) is 2.80. The van der Waals surface area contributed by atoms with Crippen molar-refractivity contribution in [1.82, 2.24) is 0 Å². The zero-order valence-electron chi connectivity index (χ0n) is 11.5. The third kappa shape index (κ3) is 3.57. The fraction of sp³-hybridized carbons (Fsp3) is 0.533. The molecule has 20 heavy (non-hydrogen) atoms. The Morgan fingerprint density at radius 2 is 2.05 bits per heavy atom. The molecule has 1 aliphatic carbocycles. The summed E-state index contributed by atoms with van der Waals surface area (Å²) in [4.78, 5) is 11.0. The van der Waals surface area contributed by atoms with Crippen molar-refractivity contribution < 1.29 is 19.4 Å². The Balaban J connectivity index is 2.11. The van der Waals surface area contributed by atoms with E-state index in [0.717, 1.165) is 0 Å². The Labute approximate surface area is 123 Å². The van der Waals surface area contributed by atoms with E-state index in [4.69, 9.17) is 26.2 Å². The topological polar surface area (TPSA) is 55.8 Å². The highest BCUT2D eigenvalue weighted by atomic mass is 35.5. The number of methoxy groups -OCH3 is 1. The first-order valence-electron chi connectivity index (χ1n) is 6.85. The molecule has 1 fully saturated rings. The maximum absolute atomic E-state index is 11.0. The van der Waals surface area contributed by atoms with Crippen molar-refractivity contribution in [2.24, 2.45) is 5.92 Å². The van der Waals surface area contributed by atoms with Crippen LogP contribution in [0.1, 0.15) is 42.5 Å². The van der Waals surface area contributed by atoms with Crippen LogP contribution in [0.15, 0.2) is 12.1 Å². The number of carbonyl (C=O) groups is 1. The summed E-state index contributed by atoms with van der Waals surface area (Å²) in [6.07, 6.45) is 6.14. The molecule has 0 atom stereocenters. The van der Waals surface area contributed by atoms with Gasteiger partial charge in [-0.25, -0.2) is 4.79 Å². The van der Waals surface area contributed by atoms with Crippen molar-refractivity contribution in [1.29, 1.82) is 0 Å². The lowest BCUT2D eigenvalue weighted by atomic mass is 9.90. The predicted octanol–water partition coefficient (Wildman–Crippen LogP) is 4.01. The van der Waals surface area contributed by atoms with Gasteiger partial charge in [0.15, 0.2) is 11.5 Å². The molecule has 110 valence electrons. The van der Waals surface area contributed by atoms with Gasteiger partial charge in [0.25, 0.3) is 0 Å². The largest absolute Gasteiger partial charge is 0.493 e. The van der Waals surface area contributed by atoms with Crippen LogP contribution in [0.3, 0.4) is 0 Å². The molecule has 2 rings (SSSR count). The first-order chi connectivity index (χ1) is 9.61. The molecule has 0 saturated heterocycles. The Hall–Kier alpha value is -1.42. The van der Waals surface area contributed by atoms with Crippen molar-refractivity contribution in [3.63, 3.8) is 0 Å². The van der Waals surface area contributed by atoms with E-state index in [-0.39, 0.29) is 10.6 Å². The molecule has 0 heterocycles. The molecule has 4 nitrogen and oxygen atoms in total. The van der Waals surface area contributed by atoms with Gasteiger partial charge < -0.3 is 14.6 Å². The highest BCUT2D eigenvalue weighted by molar-refractivity contribution is 6.32. The minimum Gasteiger partial charge on any atom is -0.493 e. The second-order valence-corrected chi connectivity index (χ2v) is 5.52. The van der Waals surface area contributed by atoms with E-state index < -0.39 is 5.97 Å². The maximum atomic E-state index is 11.0. The summed E-state index contributed by atoms with van der Waals surface area (Å²) in [5, 5.41) is 9.27. The minimum absolute atomic E-state index is 0.0943. The molecule has 1 aliphatic rings. The van der Waals surface area contributed by atoms with Gasteiger partial charge in [0.2, 0.25) is 0 Å². The molecule has 0 amide bonds. The lowest BCUT2D eigenvalue weighted by Crippen LogP contribution is -2.15. The van der Waals surface area contributed by atoms with Crippen LogP contribution >= 0.6 is 11.6 Å². The van der Waals surface area contributed by atoms with Crippen LogP contribution in [0, 0.1) is 5.92 Å². The van der Waals surface area contributed by atoms with Gasteiger partial charge in [-0.2, -0.15) is 0 Å². The van der Waals surface area contributed by atoms with E-state index in [1.165, 1.54) is 51.3 Å². The predicted molar refractivity (Wildman–Crippen MR) is 77.0 cm³/mol. The second-order valence-electron chi connectivity index (χ2n) is 5.11. The molecule has 1 aromatic carbocycles. The molecule has 0 spiro atoms. The van der Waals surface area contributed by atoms with Crippen LogP contribution in [-0.2, 0) is 0 Å². The molecule has 0 aromatic heterocycles. The molecule has 0 unspecified atom stereocenters. The summed E-state index contributed by atoms with van der Waals surface area (Å²) < 4.78 is 11.0. The van der Waals surface area contributed by atoms with E-state index in [0.29, 0.717) is 24.0 Å². The molecule has 1 N–H and O–H groups in total. The molecular formula is C15H19ClO4. The highest BCUT2D eigenvalue weighted by Gasteiger charge is 2.18. The molecule has 0 aliphatic heterocycles. The van der Waals surface area contributed by atoms with Crippen molar-refractivity contribution in [2.45, 2.75) is 32.1 Å². The number of aromatic carboxylic acids is 1. The van der Waals surface area contributed by atoms with Crippen LogP contribution in [-0.4, -0.2) is 24.8 Å². The van der Waals surface area contributed by atoms with Crippen LogP contribution in [0.2, 0.25) is 5.02 Å². The van der Waals surface area contributed by atoms with Gasteiger partial charge in [0.1, 0.15) is 0 Å². The second kappa shape index (κ2) is 6.84.